The molecule has 3 N–H and O–H groups in total. The number of nitrogens with two attached hydrogens (primary N) is 1. The van der Waals surface area contributed by atoms with Gasteiger partial charge in [-0.2, -0.15) is 0 Å². The van der Waals surface area contributed by atoms with Gasteiger partial charge in [0.2, 0.25) is 5.91 Å². The van der Waals surface area contributed by atoms with E-state index in [1.165, 1.54) is 0 Å². The average Bonchev–Trinajstić information content (AvgIpc) is 2.32. The Hall–Kier alpha value is -0.770. The molecule has 1 atom stereocenters. The summed E-state index contributed by atoms with van der Waals surface area (Å²) in [6.45, 7) is 4.33. The van der Waals surface area contributed by atoms with Crippen LogP contribution in [0, 0.1) is 12.8 Å². The molecular weight excluding hydrogens is 271 g/mol. The van der Waals surface area contributed by atoms with Crippen molar-refractivity contribution in [1.82, 2.24) is 0 Å². The summed E-state index contributed by atoms with van der Waals surface area (Å²) in [6, 6.07) is 3.41. The molecule has 0 aliphatic carbocycles. The van der Waals surface area contributed by atoms with Crippen LogP contribution in [0.4, 0.5) is 5.69 Å². The molecule has 0 aliphatic rings. The summed E-state index contributed by atoms with van der Waals surface area (Å²) < 4.78 is 0. The highest BCUT2D eigenvalue weighted by Gasteiger charge is 2.14. The van der Waals surface area contributed by atoms with E-state index < -0.39 is 0 Å². The Morgan fingerprint density at radius 2 is 2.06 bits per heavy atom. The van der Waals surface area contributed by atoms with E-state index in [9.17, 15) is 4.79 Å². The van der Waals surface area contributed by atoms with Crippen molar-refractivity contribution in [2.45, 2.75) is 26.7 Å². The van der Waals surface area contributed by atoms with E-state index in [1.807, 2.05) is 13.8 Å². The highest BCUT2D eigenvalue weighted by molar-refractivity contribution is 6.36. The number of amides is 1. The molecule has 0 bridgehead atoms. The van der Waals surface area contributed by atoms with E-state index in [0.29, 0.717) is 22.3 Å². The molecule has 1 aromatic rings. The number of nitrogens with one attached hydrogen (secondary N) is 1. The summed E-state index contributed by atoms with van der Waals surface area (Å²) in [7, 11) is 0. The van der Waals surface area contributed by atoms with Gasteiger partial charge in [0.15, 0.2) is 0 Å². The highest BCUT2D eigenvalue weighted by Crippen LogP contribution is 2.29. The molecule has 1 unspecified atom stereocenters. The molecular formula is C13H18Cl2N2O. The summed E-state index contributed by atoms with van der Waals surface area (Å²) in [6.07, 6.45) is 1.59. The summed E-state index contributed by atoms with van der Waals surface area (Å²) in [4.78, 5) is 11.9. The zero-order chi connectivity index (χ0) is 13.7. The molecule has 0 radical (unpaired) electrons. The van der Waals surface area contributed by atoms with Crippen LogP contribution in [-0.4, -0.2) is 12.5 Å². The van der Waals surface area contributed by atoms with E-state index in [4.69, 9.17) is 28.9 Å². The lowest BCUT2D eigenvalue weighted by atomic mass is 10.0. The van der Waals surface area contributed by atoms with Crippen LogP contribution in [0.15, 0.2) is 12.1 Å². The fourth-order valence-corrected chi connectivity index (χ4v) is 1.98. The van der Waals surface area contributed by atoms with Crippen LogP contribution in [0.1, 0.15) is 25.3 Å². The smallest absolute Gasteiger partial charge is 0.227 e. The fourth-order valence-electron chi connectivity index (χ4n) is 1.55. The quantitative estimate of drug-likeness (QED) is 0.870. The molecule has 0 spiro atoms. The van der Waals surface area contributed by atoms with Crippen LogP contribution in [-0.2, 0) is 4.79 Å². The van der Waals surface area contributed by atoms with E-state index in [-0.39, 0.29) is 11.8 Å². The molecule has 0 aliphatic heterocycles. The van der Waals surface area contributed by atoms with Crippen LogP contribution in [0.25, 0.3) is 0 Å². The van der Waals surface area contributed by atoms with Crippen molar-refractivity contribution in [3.63, 3.8) is 0 Å². The minimum absolute atomic E-state index is 0.0646. The van der Waals surface area contributed by atoms with Crippen LogP contribution in [0.3, 0.4) is 0 Å². The van der Waals surface area contributed by atoms with Crippen LogP contribution in [0.2, 0.25) is 10.0 Å². The second kappa shape index (κ2) is 6.98. The molecule has 18 heavy (non-hydrogen) atoms. The Bertz CT molecular complexity index is 435. The number of hydrogen-bond acceptors (Lipinski definition) is 2. The first-order valence-electron chi connectivity index (χ1n) is 5.92. The standard InChI is InChI=1S/C13H18Cl2N2O/c1-8(4-3-5-16)13(18)17-12-7-10(14)9(2)6-11(12)15/h6-8H,3-5,16H2,1-2H3,(H,17,18). The van der Waals surface area contributed by atoms with E-state index in [1.54, 1.807) is 12.1 Å². The minimum atomic E-state index is -0.0929. The monoisotopic (exact) mass is 288 g/mol. The van der Waals surface area contributed by atoms with Crippen LogP contribution in [0.5, 0.6) is 0 Å². The third-order valence-electron chi connectivity index (χ3n) is 2.80. The molecule has 0 heterocycles. The summed E-state index contributed by atoms with van der Waals surface area (Å²) >= 11 is 12.1. The Kier molecular flexibility index (Phi) is 5.93. The molecule has 0 aromatic heterocycles. The first kappa shape index (κ1) is 15.3. The van der Waals surface area contributed by atoms with Gasteiger partial charge in [0, 0.05) is 10.9 Å². The van der Waals surface area contributed by atoms with Gasteiger partial charge in [0.1, 0.15) is 0 Å². The first-order chi connectivity index (χ1) is 8.45. The van der Waals surface area contributed by atoms with Gasteiger partial charge >= 0.3 is 0 Å². The highest BCUT2D eigenvalue weighted by atomic mass is 35.5. The molecule has 100 valence electrons. The topological polar surface area (TPSA) is 55.1 Å². The maximum Gasteiger partial charge on any atom is 0.227 e. The van der Waals surface area contributed by atoms with Gasteiger partial charge in [0.05, 0.1) is 10.7 Å². The van der Waals surface area contributed by atoms with Crippen LogP contribution < -0.4 is 11.1 Å². The Morgan fingerprint density at radius 3 is 2.67 bits per heavy atom. The predicted octanol–water partition coefficient (Wildman–Crippen LogP) is 3.62. The largest absolute Gasteiger partial charge is 0.330 e. The molecule has 1 aromatic carbocycles. The number of rotatable bonds is 5. The molecule has 1 rings (SSSR count). The number of carbonyl (C=O) groups is 1. The second-order valence-corrected chi connectivity index (χ2v) is 5.22. The van der Waals surface area contributed by atoms with Gasteiger partial charge in [-0.1, -0.05) is 30.1 Å². The van der Waals surface area contributed by atoms with Gasteiger partial charge < -0.3 is 11.1 Å². The van der Waals surface area contributed by atoms with Crippen molar-refractivity contribution in [3.8, 4) is 0 Å². The fraction of sp³-hybridized carbons (Fsp3) is 0.462. The lowest BCUT2D eigenvalue weighted by molar-refractivity contribution is -0.119. The van der Waals surface area contributed by atoms with Gasteiger partial charge in [-0.05, 0) is 44.0 Å². The molecule has 5 heteroatoms. The lowest BCUT2D eigenvalue weighted by Crippen LogP contribution is -2.21. The van der Waals surface area contributed by atoms with E-state index >= 15 is 0 Å². The number of carbonyl (C=O) groups excluding carboxylic acids is 1. The predicted molar refractivity (Wildman–Crippen MR) is 77.3 cm³/mol. The molecule has 0 saturated carbocycles. The number of aryl methyl sites for hydroxylation is 1. The van der Waals surface area contributed by atoms with E-state index in [0.717, 1.165) is 18.4 Å². The Balaban J connectivity index is 2.72. The summed E-state index contributed by atoms with van der Waals surface area (Å²) in [5, 5.41) is 3.87. The van der Waals surface area contributed by atoms with Crippen molar-refractivity contribution in [1.29, 1.82) is 0 Å². The first-order valence-corrected chi connectivity index (χ1v) is 6.68. The summed E-state index contributed by atoms with van der Waals surface area (Å²) in [5.41, 5.74) is 6.86. The zero-order valence-corrected chi connectivity index (χ0v) is 12.1. The van der Waals surface area contributed by atoms with Gasteiger partial charge in [-0.15, -0.1) is 0 Å². The number of anilines is 1. The number of benzene rings is 1. The minimum Gasteiger partial charge on any atom is -0.330 e. The van der Waals surface area contributed by atoms with Gasteiger partial charge in [-0.3, -0.25) is 4.79 Å². The van der Waals surface area contributed by atoms with Crippen molar-refractivity contribution < 1.29 is 4.79 Å². The molecule has 0 saturated heterocycles. The van der Waals surface area contributed by atoms with Gasteiger partial charge in [-0.25, -0.2) is 0 Å². The third kappa shape index (κ3) is 4.16. The number of hydrogen-bond donors (Lipinski definition) is 2. The number of halogens is 2. The van der Waals surface area contributed by atoms with Crippen LogP contribution >= 0.6 is 23.2 Å². The average molecular weight is 289 g/mol. The third-order valence-corrected chi connectivity index (χ3v) is 3.51. The summed E-state index contributed by atoms with van der Waals surface area (Å²) in [5.74, 6) is -0.157. The van der Waals surface area contributed by atoms with Crippen molar-refractivity contribution in [2.24, 2.45) is 11.7 Å². The van der Waals surface area contributed by atoms with Gasteiger partial charge in [0.25, 0.3) is 0 Å². The lowest BCUT2D eigenvalue weighted by Gasteiger charge is -2.13. The normalized spacial score (nSPS) is 12.3. The second-order valence-electron chi connectivity index (χ2n) is 4.40. The SMILES string of the molecule is Cc1cc(Cl)c(NC(=O)C(C)CCCN)cc1Cl. The van der Waals surface area contributed by atoms with Crippen molar-refractivity contribution in [3.05, 3.63) is 27.7 Å². The maximum atomic E-state index is 11.9. The van der Waals surface area contributed by atoms with E-state index in [2.05, 4.69) is 5.32 Å². The maximum absolute atomic E-state index is 11.9. The zero-order valence-electron chi connectivity index (χ0n) is 10.6. The van der Waals surface area contributed by atoms with Crippen molar-refractivity contribution >= 4 is 34.8 Å². The molecule has 0 fully saturated rings. The molecule has 3 nitrogen and oxygen atoms in total. The van der Waals surface area contributed by atoms with Crippen molar-refractivity contribution in [2.75, 3.05) is 11.9 Å². The Labute approximate surface area is 118 Å². The molecule has 1 amide bonds. The Morgan fingerprint density at radius 1 is 1.39 bits per heavy atom.